The van der Waals surface area contributed by atoms with Crippen molar-refractivity contribution in [2.75, 3.05) is 39.1 Å². The number of methoxy groups -OCH3 is 1. The Kier molecular flexibility index (Phi) is 6.31. The zero-order valence-electron chi connectivity index (χ0n) is 18.0. The number of benzene rings is 2. The van der Waals surface area contributed by atoms with Crippen LogP contribution in [0.2, 0.25) is 0 Å². The van der Waals surface area contributed by atoms with Crippen LogP contribution in [0, 0.1) is 5.92 Å². The number of ether oxygens (including phenoxy) is 1. The average Bonchev–Trinajstić information content (AvgIpc) is 2.79. The van der Waals surface area contributed by atoms with E-state index in [0.717, 1.165) is 25.8 Å². The highest BCUT2D eigenvalue weighted by molar-refractivity contribution is 7.89. The Morgan fingerprint density at radius 2 is 1.71 bits per heavy atom. The highest BCUT2D eigenvalue weighted by atomic mass is 32.2. The third-order valence-corrected chi connectivity index (χ3v) is 8.36. The van der Waals surface area contributed by atoms with E-state index < -0.39 is 16.1 Å². The highest BCUT2D eigenvalue weighted by Crippen LogP contribution is 2.39. The number of piperidine rings is 1. The van der Waals surface area contributed by atoms with E-state index in [0.29, 0.717) is 30.7 Å². The first-order valence-electron chi connectivity index (χ1n) is 10.6. The molecule has 0 aromatic heterocycles. The van der Waals surface area contributed by atoms with E-state index in [4.69, 9.17) is 0 Å². The number of nitrogens with zero attached hydrogens (tertiary/aromatic N) is 2. The fourth-order valence-corrected chi connectivity index (χ4v) is 6.27. The van der Waals surface area contributed by atoms with Gasteiger partial charge in [-0.05, 0) is 67.6 Å². The molecule has 166 valence electrons. The Balaban J connectivity index is 1.44. The van der Waals surface area contributed by atoms with E-state index in [1.54, 1.807) is 16.4 Å². The maximum atomic E-state index is 13.1. The maximum absolute atomic E-state index is 13.1. The number of nitrogens with one attached hydrogen (secondary N) is 1. The largest absolute Gasteiger partial charge is 0.453 e. The summed E-state index contributed by atoms with van der Waals surface area (Å²) < 4.78 is 32.4. The van der Waals surface area contributed by atoms with Gasteiger partial charge in [0.05, 0.1) is 12.0 Å². The van der Waals surface area contributed by atoms with Gasteiger partial charge in [-0.1, -0.05) is 24.3 Å². The van der Waals surface area contributed by atoms with Gasteiger partial charge >= 0.3 is 6.09 Å². The molecule has 0 saturated carbocycles. The zero-order valence-corrected chi connectivity index (χ0v) is 18.8. The molecule has 0 bridgehead atoms. The number of sulfonamides is 1. The molecule has 2 heterocycles. The monoisotopic (exact) mass is 443 g/mol. The van der Waals surface area contributed by atoms with Crippen molar-refractivity contribution in [1.82, 2.24) is 9.21 Å². The molecule has 0 spiro atoms. The molecule has 1 unspecified atom stereocenters. The van der Waals surface area contributed by atoms with Gasteiger partial charge in [0.15, 0.2) is 0 Å². The average molecular weight is 444 g/mol. The zero-order chi connectivity index (χ0) is 22.0. The van der Waals surface area contributed by atoms with E-state index >= 15 is 0 Å². The summed E-state index contributed by atoms with van der Waals surface area (Å²) in [4.78, 5) is 14.0. The topological polar surface area (TPSA) is 78.9 Å². The molecule has 31 heavy (non-hydrogen) atoms. The van der Waals surface area contributed by atoms with Crippen molar-refractivity contribution in [1.29, 1.82) is 0 Å². The molecular formula is C23H29N3O4S. The molecule has 2 aromatic rings. The van der Waals surface area contributed by atoms with Crippen LogP contribution in [0.5, 0.6) is 0 Å². The maximum Gasteiger partial charge on any atom is 0.411 e. The smallest absolute Gasteiger partial charge is 0.411 e. The van der Waals surface area contributed by atoms with Gasteiger partial charge in [-0.25, -0.2) is 13.2 Å². The molecule has 8 heteroatoms. The van der Waals surface area contributed by atoms with Crippen LogP contribution in [-0.2, 0) is 21.2 Å². The summed E-state index contributed by atoms with van der Waals surface area (Å²) in [6.45, 7) is 2.06. The van der Waals surface area contributed by atoms with Crippen molar-refractivity contribution >= 4 is 21.8 Å². The second-order valence-electron chi connectivity index (χ2n) is 8.26. The number of hydrogen-bond donors (Lipinski definition) is 1. The summed E-state index contributed by atoms with van der Waals surface area (Å²) in [5.41, 5.74) is 3.30. The van der Waals surface area contributed by atoms with Crippen molar-refractivity contribution in [2.24, 2.45) is 5.92 Å². The lowest BCUT2D eigenvalue weighted by Crippen LogP contribution is -2.44. The Morgan fingerprint density at radius 3 is 2.39 bits per heavy atom. The third kappa shape index (κ3) is 4.46. The molecule has 7 nitrogen and oxygen atoms in total. The predicted molar refractivity (Wildman–Crippen MR) is 119 cm³/mol. The van der Waals surface area contributed by atoms with Gasteiger partial charge in [-0.2, -0.15) is 4.31 Å². The molecule has 1 N–H and O–H groups in total. The van der Waals surface area contributed by atoms with Crippen LogP contribution in [0.25, 0.3) is 0 Å². The fraction of sp³-hybridized carbons (Fsp3) is 0.435. The van der Waals surface area contributed by atoms with Crippen molar-refractivity contribution < 1.29 is 17.9 Å². The van der Waals surface area contributed by atoms with Gasteiger partial charge in [-0.15, -0.1) is 0 Å². The number of carbonyl (C=O) groups is 1. The van der Waals surface area contributed by atoms with E-state index in [1.807, 2.05) is 0 Å². The molecule has 1 atom stereocenters. The third-order valence-electron chi connectivity index (χ3n) is 6.45. The van der Waals surface area contributed by atoms with Crippen LogP contribution in [0.1, 0.15) is 30.0 Å². The van der Waals surface area contributed by atoms with E-state index in [1.165, 1.54) is 30.4 Å². The number of anilines is 1. The second kappa shape index (κ2) is 8.98. The molecule has 2 aliphatic heterocycles. The lowest BCUT2D eigenvalue weighted by Gasteiger charge is -2.42. The Morgan fingerprint density at radius 1 is 1.03 bits per heavy atom. The minimum Gasteiger partial charge on any atom is -0.453 e. The summed E-state index contributed by atoms with van der Waals surface area (Å²) in [6.07, 6.45) is 2.15. The van der Waals surface area contributed by atoms with Gasteiger partial charge in [-0.3, -0.25) is 10.2 Å². The van der Waals surface area contributed by atoms with Crippen molar-refractivity contribution in [3.63, 3.8) is 0 Å². The summed E-state index contributed by atoms with van der Waals surface area (Å²) in [6, 6.07) is 15.2. The number of hydrogen-bond acceptors (Lipinski definition) is 5. The molecule has 4 rings (SSSR count). The number of rotatable bonds is 4. The highest BCUT2D eigenvalue weighted by Gasteiger charge is 2.36. The molecule has 0 radical (unpaired) electrons. The molecule has 1 fully saturated rings. The van der Waals surface area contributed by atoms with Gasteiger partial charge in [0, 0.05) is 31.4 Å². The standard InChI is InChI=1S/C23H29N3O4S/c1-25-14-11-17-5-3-4-6-21(17)22(25)18-12-15-26(16-13-18)31(28,29)20-9-7-19(8-10-20)24-23(27)30-2/h3-10,18,22H,11-16H2,1-2H3,(H,24,27). The molecule has 0 aliphatic carbocycles. The van der Waals surface area contributed by atoms with Gasteiger partial charge in [0.2, 0.25) is 10.0 Å². The Bertz CT molecular complexity index is 1030. The predicted octanol–water partition coefficient (Wildman–Crippen LogP) is 3.49. The number of carbonyl (C=O) groups excluding carboxylic acids is 1. The Labute approximate surface area is 184 Å². The summed E-state index contributed by atoms with van der Waals surface area (Å²) in [5, 5.41) is 2.53. The number of amides is 1. The van der Waals surface area contributed by atoms with Crippen LogP contribution >= 0.6 is 0 Å². The van der Waals surface area contributed by atoms with Crippen molar-refractivity contribution in [2.45, 2.75) is 30.2 Å². The normalized spacial score (nSPS) is 20.8. The van der Waals surface area contributed by atoms with Crippen LogP contribution < -0.4 is 5.32 Å². The second-order valence-corrected chi connectivity index (χ2v) is 10.2. The van der Waals surface area contributed by atoms with Gasteiger partial charge in [0.25, 0.3) is 0 Å². The lowest BCUT2D eigenvalue weighted by atomic mass is 9.80. The minimum atomic E-state index is -3.57. The number of likely N-dealkylation sites (N-methyl/N-ethyl adjacent to an activating group) is 1. The summed E-state index contributed by atoms with van der Waals surface area (Å²) >= 11 is 0. The molecular weight excluding hydrogens is 414 g/mol. The lowest BCUT2D eigenvalue weighted by molar-refractivity contribution is 0.122. The quantitative estimate of drug-likeness (QED) is 0.783. The first-order chi connectivity index (χ1) is 14.9. The van der Waals surface area contributed by atoms with E-state index in [-0.39, 0.29) is 4.90 Å². The van der Waals surface area contributed by atoms with Crippen LogP contribution in [0.4, 0.5) is 10.5 Å². The molecule has 2 aromatic carbocycles. The van der Waals surface area contributed by atoms with Crippen molar-refractivity contribution in [3.8, 4) is 0 Å². The summed E-state index contributed by atoms with van der Waals surface area (Å²) in [5.74, 6) is 0.435. The van der Waals surface area contributed by atoms with Crippen LogP contribution in [-0.4, -0.2) is 57.5 Å². The minimum absolute atomic E-state index is 0.237. The van der Waals surface area contributed by atoms with E-state index in [2.05, 4.69) is 46.3 Å². The van der Waals surface area contributed by atoms with Crippen LogP contribution in [0.15, 0.2) is 53.4 Å². The van der Waals surface area contributed by atoms with Crippen LogP contribution in [0.3, 0.4) is 0 Å². The molecule has 1 amide bonds. The van der Waals surface area contributed by atoms with Crippen molar-refractivity contribution in [3.05, 3.63) is 59.7 Å². The first-order valence-corrected chi connectivity index (χ1v) is 12.1. The fourth-order valence-electron chi connectivity index (χ4n) is 4.80. The van der Waals surface area contributed by atoms with Gasteiger partial charge < -0.3 is 4.74 Å². The van der Waals surface area contributed by atoms with E-state index in [9.17, 15) is 13.2 Å². The van der Waals surface area contributed by atoms with Gasteiger partial charge in [0.1, 0.15) is 0 Å². The molecule has 2 aliphatic rings. The number of fused-ring (bicyclic) bond motifs is 1. The SMILES string of the molecule is COC(=O)Nc1ccc(S(=O)(=O)N2CCC(C3c4ccccc4CCN3C)CC2)cc1. The summed E-state index contributed by atoms with van der Waals surface area (Å²) in [7, 11) is -0.112. The molecule has 1 saturated heterocycles. The first kappa shape index (κ1) is 21.8. The Hall–Kier alpha value is -2.42.